The monoisotopic (exact) mass is 239 g/mol. The summed E-state index contributed by atoms with van der Waals surface area (Å²) in [4.78, 5) is 0. The molecule has 1 aliphatic rings. The van der Waals surface area contributed by atoms with Crippen LogP contribution in [0.15, 0.2) is 0 Å². The van der Waals surface area contributed by atoms with Crippen molar-refractivity contribution in [3.63, 3.8) is 0 Å². The summed E-state index contributed by atoms with van der Waals surface area (Å²) in [6.07, 6.45) is 4.08. The predicted molar refractivity (Wildman–Crippen MR) is 68.0 cm³/mol. The first-order valence-corrected chi connectivity index (χ1v) is 6.65. The van der Waals surface area contributed by atoms with Crippen LogP contribution in [0.2, 0.25) is 0 Å². The molecule has 3 nitrogen and oxygen atoms in total. The van der Waals surface area contributed by atoms with Gasteiger partial charge in [-0.05, 0) is 30.5 Å². The van der Waals surface area contributed by atoms with Gasteiger partial charge in [0.25, 0.3) is 0 Å². The largest absolute Gasteiger partial charge is 0.304 e. The highest BCUT2D eigenvalue weighted by molar-refractivity contribution is 7.71. The number of aromatic nitrogens is 3. The van der Waals surface area contributed by atoms with Crippen molar-refractivity contribution in [1.82, 2.24) is 14.8 Å². The third-order valence-corrected chi connectivity index (χ3v) is 4.07. The van der Waals surface area contributed by atoms with Gasteiger partial charge in [0.2, 0.25) is 0 Å². The van der Waals surface area contributed by atoms with Gasteiger partial charge in [-0.1, -0.05) is 33.6 Å². The first-order valence-electron chi connectivity index (χ1n) is 6.24. The highest BCUT2D eigenvalue weighted by Crippen LogP contribution is 2.32. The Morgan fingerprint density at radius 2 is 2.25 bits per heavy atom. The summed E-state index contributed by atoms with van der Waals surface area (Å²) in [7, 11) is 0. The minimum absolute atomic E-state index is 0.435. The molecule has 1 aromatic rings. The maximum Gasteiger partial charge on any atom is 0.195 e. The number of H-pyrrole nitrogens is 1. The molecule has 1 fully saturated rings. The highest BCUT2D eigenvalue weighted by Gasteiger charge is 2.25. The van der Waals surface area contributed by atoms with Gasteiger partial charge in [0.1, 0.15) is 5.82 Å². The van der Waals surface area contributed by atoms with E-state index in [1.54, 1.807) is 0 Å². The SMILES string of the molecule is CC(C)c1n[nH]c(=S)n1CC1CCCC1C. The quantitative estimate of drug-likeness (QED) is 0.819. The molecule has 16 heavy (non-hydrogen) atoms. The Bertz CT molecular complexity index is 405. The van der Waals surface area contributed by atoms with Crippen LogP contribution in [0, 0.1) is 16.6 Å². The molecule has 0 radical (unpaired) electrons. The van der Waals surface area contributed by atoms with Crippen LogP contribution in [-0.4, -0.2) is 14.8 Å². The molecule has 0 aliphatic heterocycles. The Labute approximate surface area is 102 Å². The molecule has 1 aromatic heterocycles. The van der Waals surface area contributed by atoms with E-state index in [9.17, 15) is 0 Å². The fourth-order valence-corrected chi connectivity index (χ4v) is 2.89. The van der Waals surface area contributed by atoms with E-state index >= 15 is 0 Å². The Kier molecular flexibility index (Phi) is 3.47. The van der Waals surface area contributed by atoms with Gasteiger partial charge in [-0.3, -0.25) is 5.10 Å². The Balaban J connectivity index is 2.20. The molecule has 2 rings (SSSR count). The van der Waals surface area contributed by atoms with E-state index in [-0.39, 0.29) is 0 Å². The minimum atomic E-state index is 0.435. The fraction of sp³-hybridized carbons (Fsp3) is 0.833. The van der Waals surface area contributed by atoms with Crippen LogP contribution in [0.5, 0.6) is 0 Å². The summed E-state index contributed by atoms with van der Waals surface area (Å²) in [6.45, 7) is 7.74. The van der Waals surface area contributed by atoms with Crippen molar-refractivity contribution < 1.29 is 0 Å². The van der Waals surface area contributed by atoms with Crippen molar-refractivity contribution in [1.29, 1.82) is 0 Å². The summed E-state index contributed by atoms with van der Waals surface area (Å²) >= 11 is 5.31. The van der Waals surface area contributed by atoms with Crippen LogP contribution in [-0.2, 0) is 6.54 Å². The van der Waals surface area contributed by atoms with Crippen molar-refractivity contribution in [3.05, 3.63) is 10.6 Å². The van der Waals surface area contributed by atoms with E-state index in [1.165, 1.54) is 19.3 Å². The van der Waals surface area contributed by atoms with Crippen LogP contribution in [0.3, 0.4) is 0 Å². The van der Waals surface area contributed by atoms with E-state index in [0.29, 0.717) is 5.92 Å². The summed E-state index contributed by atoms with van der Waals surface area (Å²) in [5.41, 5.74) is 0. The van der Waals surface area contributed by atoms with E-state index < -0.39 is 0 Å². The van der Waals surface area contributed by atoms with Crippen molar-refractivity contribution in [3.8, 4) is 0 Å². The number of aromatic amines is 1. The van der Waals surface area contributed by atoms with Crippen LogP contribution >= 0.6 is 12.2 Å². The van der Waals surface area contributed by atoms with Gasteiger partial charge in [0.15, 0.2) is 4.77 Å². The first-order chi connectivity index (χ1) is 7.59. The zero-order valence-corrected chi connectivity index (χ0v) is 11.2. The molecule has 1 heterocycles. The normalized spacial score (nSPS) is 25.5. The molecule has 0 aromatic carbocycles. The first kappa shape index (κ1) is 11.8. The molecule has 2 atom stereocenters. The lowest BCUT2D eigenvalue weighted by Gasteiger charge is -2.17. The molecule has 0 spiro atoms. The molecule has 90 valence electrons. The van der Waals surface area contributed by atoms with E-state index in [1.807, 2.05) is 0 Å². The molecule has 2 unspecified atom stereocenters. The van der Waals surface area contributed by atoms with Crippen molar-refractivity contribution in [2.75, 3.05) is 0 Å². The third-order valence-electron chi connectivity index (χ3n) is 3.76. The zero-order valence-electron chi connectivity index (χ0n) is 10.4. The van der Waals surface area contributed by atoms with Crippen molar-refractivity contribution in [2.24, 2.45) is 11.8 Å². The molecule has 4 heteroatoms. The van der Waals surface area contributed by atoms with E-state index in [2.05, 4.69) is 35.5 Å². The van der Waals surface area contributed by atoms with Gasteiger partial charge in [0.05, 0.1) is 0 Å². The number of nitrogens with zero attached hydrogens (tertiary/aromatic N) is 2. The number of nitrogens with one attached hydrogen (secondary N) is 1. The average molecular weight is 239 g/mol. The number of hydrogen-bond acceptors (Lipinski definition) is 2. The lowest BCUT2D eigenvalue weighted by atomic mass is 9.98. The van der Waals surface area contributed by atoms with Gasteiger partial charge in [-0.2, -0.15) is 5.10 Å². The highest BCUT2D eigenvalue weighted by atomic mass is 32.1. The van der Waals surface area contributed by atoms with Crippen LogP contribution in [0.4, 0.5) is 0 Å². The maximum atomic E-state index is 5.31. The zero-order chi connectivity index (χ0) is 11.7. The third kappa shape index (κ3) is 2.21. The Hall–Kier alpha value is -0.640. The van der Waals surface area contributed by atoms with Crippen molar-refractivity contribution in [2.45, 2.75) is 52.5 Å². The second kappa shape index (κ2) is 4.70. The Morgan fingerprint density at radius 1 is 1.50 bits per heavy atom. The lowest BCUT2D eigenvalue weighted by molar-refractivity contribution is 0.355. The molecular weight excluding hydrogens is 218 g/mol. The summed E-state index contributed by atoms with van der Waals surface area (Å²) in [5.74, 6) is 3.15. The fourth-order valence-electron chi connectivity index (χ4n) is 2.68. The van der Waals surface area contributed by atoms with Gasteiger partial charge in [-0.25, -0.2) is 0 Å². The summed E-state index contributed by atoms with van der Waals surface area (Å²) < 4.78 is 2.98. The summed E-state index contributed by atoms with van der Waals surface area (Å²) in [6, 6.07) is 0. The second-order valence-electron chi connectivity index (χ2n) is 5.32. The number of hydrogen-bond donors (Lipinski definition) is 1. The van der Waals surface area contributed by atoms with Crippen LogP contribution < -0.4 is 0 Å². The molecular formula is C12H21N3S. The molecule has 0 amide bonds. The van der Waals surface area contributed by atoms with E-state index in [0.717, 1.165) is 29.0 Å². The van der Waals surface area contributed by atoms with Gasteiger partial charge in [0, 0.05) is 12.5 Å². The van der Waals surface area contributed by atoms with Gasteiger partial charge in [-0.15, -0.1) is 0 Å². The molecule has 1 N–H and O–H groups in total. The smallest absolute Gasteiger partial charge is 0.195 e. The average Bonchev–Trinajstić information content (AvgIpc) is 2.76. The molecule has 0 bridgehead atoms. The molecule has 0 saturated heterocycles. The van der Waals surface area contributed by atoms with Gasteiger partial charge >= 0.3 is 0 Å². The number of rotatable bonds is 3. The topological polar surface area (TPSA) is 33.6 Å². The predicted octanol–water partition coefficient (Wildman–Crippen LogP) is 3.50. The second-order valence-corrected chi connectivity index (χ2v) is 5.71. The van der Waals surface area contributed by atoms with Crippen LogP contribution in [0.1, 0.15) is 51.8 Å². The molecule has 1 aliphatic carbocycles. The van der Waals surface area contributed by atoms with Gasteiger partial charge < -0.3 is 4.57 Å². The standard InChI is InChI=1S/C12H21N3S/c1-8(2)11-13-14-12(16)15(11)7-10-6-4-5-9(10)3/h8-10H,4-7H2,1-3H3,(H,14,16). The van der Waals surface area contributed by atoms with Crippen molar-refractivity contribution >= 4 is 12.2 Å². The maximum absolute atomic E-state index is 5.31. The van der Waals surface area contributed by atoms with E-state index in [4.69, 9.17) is 12.2 Å². The summed E-state index contributed by atoms with van der Waals surface area (Å²) in [5, 5.41) is 7.25. The van der Waals surface area contributed by atoms with Crippen LogP contribution in [0.25, 0.3) is 0 Å². The lowest BCUT2D eigenvalue weighted by Crippen LogP contribution is -2.16. The molecule has 1 saturated carbocycles. The minimum Gasteiger partial charge on any atom is -0.304 e. The Morgan fingerprint density at radius 3 is 2.81 bits per heavy atom.